The zero-order valence-electron chi connectivity index (χ0n) is 17.5. The minimum atomic E-state index is -5.15. The number of halogens is 6. The first kappa shape index (κ1) is 23.2. The minimum absolute atomic E-state index is 0.0894. The molecule has 0 unspecified atom stereocenters. The molecule has 4 aromatic rings. The molecule has 0 bridgehead atoms. The summed E-state index contributed by atoms with van der Waals surface area (Å²) in [5.41, 5.74) is -4.03. The maximum atomic E-state index is 13.6. The van der Waals surface area contributed by atoms with Crippen molar-refractivity contribution in [3.63, 3.8) is 0 Å². The Morgan fingerprint density at radius 3 is 2.06 bits per heavy atom. The molecule has 0 aliphatic heterocycles. The van der Waals surface area contributed by atoms with Gasteiger partial charge in [0.1, 0.15) is 5.52 Å². The Hall–Kier alpha value is -3.96. The molecule has 0 radical (unpaired) electrons. The molecule has 6 nitrogen and oxygen atoms in total. The summed E-state index contributed by atoms with van der Waals surface area (Å²) in [5, 5.41) is 0.307. The van der Waals surface area contributed by atoms with Crippen molar-refractivity contribution in [2.45, 2.75) is 12.4 Å². The van der Waals surface area contributed by atoms with Gasteiger partial charge in [0, 0.05) is 49.1 Å². The zero-order valence-corrected chi connectivity index (χ0v) is 17.5. The van der Waals surface area contributed by atoms with Gasteiger partial charge in [-0.25, -0.2) is 0 Å². The van der Waals surface area contributed by atoms with Crippen molar-refractivity contribution in [2.75, 3.05) is 0 Å². The van der Waals surface area contributed by atoms with E-state index in [2.05, 4.69) is 4.98 Å². The Morgan fingerprint density at radius 1 is 0.853 bits per heavy atom. The molecule has 4 rings (SSSR count). The van der Waals surface area contributed by atoms with Crippen LogP contribution in [0.4, 0.5) is 26.3 Å². The predicted octanol–water partition coefficient (Wildman–Crippen LogP) is 5.06. The van der Waals surface area contributed by atoms with Crippen molar-refractivity contribution in [3.05, 3.63) is 80.8 Å². The Bertz CT molecular complexity index is 1490. The van der Waals surface area contributed by atoms with Gasteiger partial charge in [0.05, 0.1) is 17.3 Å². The van der Waals surface area contributed by atoms with E-state index in [1.165, 1.54) is 37.1 Å². The van der Waals surface area contributed by atoms with Gasteiger partial charge in [-0.15, -0.1) is 0 Å². The lowest BCUT2D eigenvalue weighted by molar-refractivity contribution is -0.144. The summed E-state index contributed by atoms with van der Waals surface area (Å²) in [6.07, 6.45) is -6.54. The van der Waals surface area contributed by atoms with Gasteiger partial charge in [-0.3, -0.25) is 9.59 Å². The summed E-state index contributed by atoms with van der Waals surface area (Å²) in [7, 11) is 2.68. The maximum absolute atomic E-state index is 13.6. The van der Waals surface area contributed by atoms with E-state index in [0.29, 0.717) is 23.6 Å². The molecule has 1 aromatic carbocycles. The van der Waals surface area contributed by atoms with E-state index in [9.17, 15) is 35.9 Å². The molecule has 34 heavy (non-hydrogen) atoms. The number of ether oxygens (including phenoxy) is 1. The van der Waals surface area contributed by atoms with Crippen molar-refractivity contribution in [1.29, 1.82) is 0 Å². The fraction of sp³-hybridized carbons (Fsp3) is 0.182. The van der Waals surface area contributed by atoms with E-state index < -0.39 is 46.1 Å². The van der Waals surface area contributed by atoms with E-state index in [1.54, 1.807) is 0 Å². The molecule has 0 fully saturated rings. The van der Waals surface area contributed by atoms with Crippen LogP contribution in [0.1, 0.15) is 11.1 Å². The second kappa shape index (κ2) is 7.82. The summed E-state index contributed by atoms with van der Waals surface area (Å²) < 4.78 is 89.1. The number of alkyl halides is 6. The van der Waals surface area contributed by atoms with Crippen molar-refractivity contribution >= 4 is 10.9 Å². The van der Waals surface area contributed by atoms with Crippen molar-refractivity contribution in [3.8, 4) is 22.6 Å². The van der Waals surface area contributed by atoms with Crippen LogP contribution in [0.15, 0.2) is 58.5 Å². The van der Waals surface area contributed by atoms with E-state index in [4.69, 9.17) is 4.74 Å². The van der Waals surface area contributed by atoms with Crippen LogP contribution in [0.5, 0.6) is 11.5 Å². The van der Waals surface area contributed by atoms with Crippen LogP contribution in [0.25, 0.3) is 22.0 Å². The highest BCUT2D eigenvalue weighted by Gasteiger charge is 2.42. The second-order valence-electron chi connectivity index (χ2n) is 7.51. The normalized spacial score (nSPS) is 12.4. The fourth-order valence-corrected chi connectivity index (χ4v) is 3.58. The van der Waals surface area contributed by atoms with Crippen LogP contribution in [0.3, 0.4) is 0 Å². The molecule has 0 saturated heterocycles. The lowest BCUT2D eigenvalue weighted by Crippen LogP contribution is -2.19. The molecule has 0 aliphatic rings. The van der Waals surface area contributed by atoms with Crippen LogP contribution in [-0.2, 0) is 26.4 Å². The Balaban J connectivity index is 2.03. The molecule has 178 valence electrons. The number of nitrogens with one attached hydrogen (secondary N) is 1. The minimum Gasteiger partial charge on any atom is -0.454 e. The third-order valence-corrected chi connectivity index (χ3v) is 5.21. The largest absolute Gasteiger partial charge is 0.454 e. The quantitative estimate of drug-likeness (QED) is 0.414. The number of aromatic nitrogens is 3. The lowest BCUT2D eigenvalue weighted by atomic mass is 10.0. The van der Waals surface area contributed by atoms with Crippen molar-refractivity contribution in [1.82, 2.24) is 14.1 Å². The number of rotatable bonds is 3. The highest BCUT2D eigenvalue weighted by Crippen LogP contribution is 2.47. The third-order valence-electron chi connectivity index (χ3n) is 5.21. The maximum Gasteiger partial charge on any atom is 0.420 e. The van der Waals surface area contributed by atoms with Gasteiger partial charge < -0.3 is 18.9 Å². The molecule has 3 heterocycles. The van der Waals surface area contributed by atoms with Crippen molar-refractivity contribution in [2.24, 2.45) is 14.1 Å². The number of pyridine rings is 2. The molecule has 1 N–H and O–H groups in total. The molecule has 0 spiro atoms. The molecular weight excluding hydrogens is 468 g/mol. The Labute approximate surface area is 186 Å². The number of benzene rings is 1. The van der Waals surface area contributed by atoms with Gasteiger partial charge in [0.2, 0.25) is 0 Å². The van der Waals surface area contributed by atoms with Crippen LogP contribution in [0, 0.1) is 0 Å². The van der Waals surface area contributed by atoms with E-state index in [-0.39, 0.29) is 16.6 Å². The first-order valence-corrected chi connectivity index (χ1v) is 9.62. The number of hydrogen-bond acceptors (Lipinski definition) is 3. The lowest BCUT2D eigenvalue weighted by Gasteiger charge is -2.21. The molecule has 0 amide bonds. The van der Waals surface area contributed by atoms with Gasteiger partial charge in [0.15, 0.2) is 11.5 Å². The monoisotopic (exact) mass is 483 g/mol. The molecular formula is C22H15F6N3O3. The summed E-state index contributed by atoms with van der Waals surface area (Å²) in [6, 6.07) is 4.10. The van der Waals surface area contributed by atoms with Gasteiger partial charge in [0.25, 0.3) is 11.1 Å². The number of aryl methyl sites for hydroxylation is 2. The van der Waals surface area contributed by atoms with E-state index >= 15 is 0 Å². The molecule has 3 aromatic heterocycles. The fourth-order valence-electron chi connectivity index (χ4n) is 3.58. The SMILES string of the molecule is Cn1cc(Oc2c(C(F)(F)F)cccc2C(F)(F)F)c(-c2cn(C)c(=O)c3[nH]ccc23)cc1=O. The van der Waals surface area contributed by atoms with Gasteiger partial charge in [-0.1, -0.05) is 6.07 Å². The van der Waals surface area contributed by atoms with Gasteiger partial charge >= 0.3 is 12.4 Å². The average Bonchev–Trinajstić information content (AvgIpc) is 3.22. The molecule has 0 atom stereocenters. The highest BCUT2D eigenvalue weighted by molar-refractivity contribution is 5.95. The van der Waals surface area contributed by atoms with Crippen LogP contribution in [0.2, 0.25) is 0 Å². The smallest absolute Gasteiger partial charge is 0.420 e. The average molecular weight is 483 g/mol. The summed E-state index contributed by atoms with van der Waals surface area (Å²) in [5.74, 6) is -1.89. The Morgan fingerprint density at radius 2 is 1.47 bits per heavy atom. The molecule has 0 saturated carbocycles. The second-order valence-corrected chi connectivity index (χ2v) is 7.51. The van der Waals surface area contributed by atoms with Crippen LogP contribution < -0.4 is 15.9 Å². The zero-order chi connectivity index (χ0) is 25.0. The van der Waals surface area contributed by atoms with E-state index in [1.807, 2.05) is 0 Å². The number of fused-ring (bicyclic) bond motifs is 1. The third kappa shape index (κ3) is 3.95. The topological polar surface area (TPSA) is 69.0 Å². The van der Waals surface area contributed by atoms with Crippen molar-refractivity contribution < 1.29 is 31.1 Å². The number of H-pyrrole nitrogens is 1. The summed E-state index contributed by atoms with van der Waals surface area (Å²) >= 11 is 0. The summed E-state index contributed by atoms with van der Waals surface area (Å²) in [4.78, 5) is 27.5. The number of para-hydroxylation sites is 1. The molecule has 12 heteroatoms. The number of aromatic amines is 1. The van der Waals surface area contributed by atoms with Gasteiger partial charge in [-0.05, 0) is 18.2 Å². The standard InChI is InChI=1S/C22H15F6N3O3/c1-30-10-16(34-19-14(21(23,24)25)4-3-5-15(19)22(26,27)28)12(8-17(30)32)13-9-31(2)20(33)18-11(13)6-7-29-18/h3-10,29H,1-2H3. The Kier molecular flexibility index (Phi) is 5.34. The molecule has 0 aliphatic carbocycles. The predicted molar refractivity (Wildman–Crippen MR) is 111 cm³/mol. The van der Waals surface area contributed by atoms with Gasteiger partial charge in [-0.2, -0.15) is 26.3 Å². The van der Waals surface area contributed by atoms with Crippen LogP contribution in [-0.4, -0.2) is 14.1 Å². The summed E-state index contributed by atoms with van der Waals surface area (Å²) in [6.45, 7) is 0. The number of hydrogen-bond donors (Lipinski definition) is 1. The van der Waals surface area contributed by atoms with Crippen LogP contribution >= 0.6 is 0 Å². The highest BCUT2D eigenvalue weighted by atomic mass is 19.4. The van der Waals surface area contributed by atoms with E-state index in [0.717, 1.165) is 16.8 Å². The first-order valence-electron chi connectivity index (χ1n) is 9.62. The number of nitrogens with zero attached hydrogens (tertiary/aromatic N) is 2. The first-order chi connectivity index (χ1) is 15.8.